The Labute approximate surface area is 179 Å². The topological polar surface area (TPSA) is 97.4 Å². The number of aromatic nitrogens is 3. The number of nitrogens with zero attached hydrogens (tertiary/aromatic N) is 6. The van der Waals surface area contributed by atoms with Crippen molar-refractivity contribution in [1.29, 1.82) is 0 Å². The second-order valence-electron chi connectivity index (χ2n) is 7.13. The highest BCUT2D eigenvalue weighted by Crippen LogP contribution is 2.29. The second kappa shape index (κ2) is 8.29. The van der Waals surface area contributed by atoms with E-state index in [-0.39, 0.29) is 11.6 Å². The highest BCUT2D eigenvalue weighted by Gasteiger charge is 2.31. The standard InChI is InChI=1S/C20H17F3N6O3/c21-20(22,23)15-1-6-18(24-12-15)26-7-9-27(10-8-26)19(30)14-11-25-28(13-14)16-2-4-17(5-3-16)29(31)32/h1-6,11-13H,7-10H2. The molecule has 2 aromatic heterocycles. The van der Waals surface area contributed by atoms with Crippen LogP contribution >= 0.6 is 0 Å². The Morgan fingerprint density at radius 3 is 2.25 bits per heavy atom. The fraction of sp³-hybridized carbons (Fsp3) is 0.250. The van der Waals surface area contributed by atoms with Crippen LogP contribution in [0, 0.1) is 10.1 Å². The summed E-state index contributed by atoms with van der Waals surface area (Å²) in [6, 6.07) is 8.10. The number of non-ortho nitro benzene ring substituents is 1. The number of carbonyl (C=O) groups is 1. The summed E-state index contributed by atoms with van der Waals surface area (Å²) in [4.78, 5) is 30.4. The van der Waals surface area contributed by atoms with E-state index in [4.69, 9.17) is 0 Å². The minimum Gasteiger partial charge on any atom is -0.353 e. The van der Waals surface area contributed by atoms with Crippen LogP contribution in [-0.4, -0.2) is 56.7 Å². The normalized spacial score (nSPS) is 14.5. The first-order valence-electron chi connectivity index (χ1n) is 9.59. The van der Waals surface area contributed by atoms with Crippen molar-refractivity contribution in [2.75, 3.05) is 31.1 Å². The Kier molecular flexibility index (Phi) is 5.51. The lowest BCUT2D eigenvalue weighted by molar-refractivity contribution is -0.384. The SMILES string of the molecule is O=C(c1cnn(-c2ccc([N+](=O)[O-])cc2)c1)N1CCN(c2ccc(C(F)(F)F)cn2)CC1. The van der Waals surface area contributed by atoms with Crippen LogP contribution in [0.5, 0.6) is 0 Å². The van der Waals surface area contributed by atoms with Gasteiger partial charge in [-0.2, -0.15) is 18.3 Å². The molecule has 3 heterocycles. The third-order valence-corrected chi connectivity index (χ3v) is 5.12. The highest BCUT2D eigenvalue weighted by atomic mass is 19.4. The molecule has 0 radical (unpaired) electrons. The molecule has 0 N–H and O–H groups in total. The first-order valence-corrected chi connectivity index (χ1v) is 9.59. The Morgan fingerprint density at radius 2 is 1.69 bits per heavy atom. The van der Waals surface area contributed by atoms with Gasteiger partial charge in [0.2, 0.25) is 0 Å². The maximum absolute atomic E-state index is 12.8. The molecule has 0 bridgehead atoms. The number of halogens is 3. The fourth-order valence-electron chi connectivity index (χ4n) is 3.36. The summed E-state index contributed by atoms with van der Waals surface area (Å²) in [6.07, 6.45) is -0.657. The summed E-state index contributed by atoms with van der Waals surface area (Å²) in [6.45, 7) is 1.62. The predicted octanol–water partition coefficient (Wildman–Crippen LogP) is 3.16. The van der Waals surface area contributed by atoms with Crippen LogP contribution in [0.25, 0.3) is 5.69 Å². The maximum Gasteiger partial charge on any atom is 0.417 e. The predicted molar refractivity (Wildman–Crippen MR) is 108 cm³/mol. The molecule has 1 aromatic carbocycles. The molecule has 166 valence electrons. The van der Waals surface area contributed by atoms with Crippen LogP contribution in [-0.2, 0) is 6.18 Å². The van der Waals surface area contributed by atoms with Gasteiger partial charge in [-0.25, -0.2) is 9.67 Å². The lowest BCUT2D eigenvalue weighted by Crippen LogP contribution is -2.49. The van der Waals surface area contributed by atoms with Crippen LogP contribution in [0.15, 0.2) is 55.0 Å². The van der Waals surface area contributed by atoms with Gasteiger partial charge in [0.05, 0.1) is 27.9 Å². The van der Waals surface area contributed by atoms with E-state index in [1.165, 1.54) is 41.2 Å². The van der Waals surface area contributed by atoms with Crippen molar-refractivity contribution >= 4 is 17.4 Å². The van der Waals surface area contributed by atoms with Gasteiger partial charge in [-0.1, -0.05) is 0 Å². The quantitative estimate of drug-likeness (QED) is 0.451. The van der Waals surface area contributed by atoms with E-state index >= 15 is 0 Å². The molecule has 0 unspecified atom stereocenters. The number of alkyl halides is 3. The molecule has 1 aliphatic rings. The van der Waals surface area contributed by atoms with E-state index in [0.29, 0.717) is 43.2 Å². The van der Waals surface area contributed by atoms with Crippen molar-refractivity contribution in [2.45, 2.75) is 6.18 Å². The zero-order valence-electron chi connectivity index (χ0n) is 16.6. The summed E-state index contributed by atoms with van der Waals surface area (Å²) in [5, 5.41) is 14.9. The van der Waals surface area contributed by atoms with Gasteiger partial charge in [0.15, 0.2) is 0 Å². The largest absolute Gasteiger partial charge is 0.417 e. The molecule has 0 spiro atoms. The van der Waals surface area contributed by atoms with E-state index < -0.39 is 16.7 Å². The van der Waals surface area contributed by atoms with Gasteiger partial charge in [0.1, 0.15) is 5.82 Å². The molecule has 1 amide bonds. The van der Waals surface area contributed by atoms with Crippen molar-refractivity contribution in [1.82, 2.24) is 19.7 Å². The molecule has 0 saturated carbocycles. The smallest absolute Gasteiger partial charge is 0.353 e. The number of amides is 1. The van der Waals surface area contributed by atoms with Gasteiger partial charge in [-0.05, 0) is 24.3 Å². The third-order valence-electron chi connectivity index (χ3n) is 5.12. The number of hydrogen-bond donors (Lipinski definition) is 0. The molecular weight excluding hydrogens is 429 g/mol. The fourth-order valence-corrected chi connectivity index (χ4v) is 3.36. The maximum atomic E-state index is 12.8. The Balaban J connectivity index is 1.38. The van der Waals surface area contributed by atoms with Gasteiger partial charge in [-0.3, -0.25) is 14.9 Å². The van der Waals surface area contributed by atoms with E-state index in [9.17, 15) is 28.1 Å². The Bertz CT molecular complexity index is 1120. The van der Waals surface area contributed by atoms with E-state index in [2.05, 4.69) is 10.1 Å². The summed E-state index contributed by atoms with van der Waals surface area (Å²) < 4.78 is 39.5. The Morgan fingerprint density at radius 1 is 1.00 bits per heavy atom. The molecule has 0 aliphatic carbocycles. The number of carbonyl (C=O) groups excluding carboxylic acids is 1. The number of pyridine rings is 1. The van der Waals surface area contributed by atoms with Crippen LogP contribution in [0.4, 0.5) is 24.7 Å². The first kappa shape index (κ1) is 21.3. The monoisotopic (exact) mass is 446 g/mol. The van der Waals surface area contributed by atoms with Gasteiger partial charge in [0.25, 0.3) is 11.6 Å². The summed E-state index contributed by atoms with van der Waals surface area (Å²) in [5.74, 6) is 0.203. The molecule has 1 saturated heterocycles. The lowest BCUT2D eigenvalue weighted by atomic mass is 10.2. The summed E-state index contributed by atoms with van der Waals surface area (Å²) in [7, 11) is 0. The molecule has 4 rings (SSSR count). The molecule has 12 heteroatoms. The van der Waals surface area contributed by atoms with Gasteiger partial charge in [0, 0.05) is 50.7 Å². The minimum absolute atomic E-state index is 0.0439. The van der Waals surface area contributed by atoms with Crippen LogP contribution in [0.2, 0.25) is 0 Å². The van der Waals surface area contributed by atoms with E-state index in [1.807, 2.05) is 4.90 Å². The van der Waals surface area contributed by atoms with Crippen LogP contribution in [0.3, 0.4) is 0 Å². The zero-order chi connectivity index (χ0) is 22.9. The van der Waals surface area contributed by atoms with E-state index in [1.54, 1.807) is 11.1 Å². The zero-order valence-corrected chi connectivity index (χ0v) is 16.6. The second-order valence-corrected chi connectivity index (χ2v) is 7.13. The number of benzene rings is 1. The first-order chi connectivity index (χ1) is 15.2. The van der Waals surface area contributed by atoms with Gasteiger partial charge >= 0.3 is 6.18 Å². The number of hydrogen-bond acceptors (Lipinski definition) is 6. The molecule has 32 heavy (non-hydrogen) atoms. The average Bonchev–Trinajstić information content (AvgIpc) is 3.28. The summed E-state index contributed by atoms with van der Waals surface area (Å²) in [5.41, 5.74) is 0.0926. The van der Waals surface area contributed by atoms with Crippen LogP contribution in [0.1, 0.15) is 15.9 Å². The molecular formula is C20H17F3N6O3. The van der Waals surface area contributed by atoms with Crippen molar-refractivity contribution in [3.63, 3.8) is 0 Å². The van der Waals surface area contributed by atoms with Crippen molar-refractivity contribution in [2.24, 2.45) is 0 Å². The lowest BCUT2D eigenvalue weighted by Gasteiger charge is -2.35. The number of nitro groups is 1. The van der Waals surface area contributed by atoms with Gasteiger partial charge < -0.3 is 9.80 Å². The third kappa shape index (κ3) is 4.38. The summed E-state index contributed by atoms with van der Waals surface area (Å²) >= 11 is 0. The number of nitro benzene ring substituents is 1. The van der Waals surface area contributed by atoms with Crippen LogP contribution < -0.4 is 4.90 Å². The van der Waals surface area contributed by atoms with E-state index in [0.717, 1.165) is 12.3 Å². The molecule has 9 nitrogen and oxygen atoms in total. The van der Waals surface area contributed by atoms with Crippen molar-refractivity contribution < 1.29 is 22.9 Å². The highest BCUT2D eigenvalue weighted by molar-refractivity contribution is 5.94. The van der Waals surface area contributed by atoms with Gasteiger partial charge in [-0.15, -0.1) is 0 Å². The Hall–Kier alpha value is -3.96. The molecule has 0 atom stereocenters. The number of anilines is 1. The minimum atomic E-state index is -4.43. The molecule has 3 aromatic rings. The van der Waals surface area contributed by atoms with Crippen molar-refractivity contribution in [3.05, 3.63) is 76.2 Å². The molecule has 1 aliphatic heterocycles. The number of piperazine rings is 1. The number of rotatable bonds is 4. The molecule has 1 fully saturated rings. The average molecular weight is 446 g/mol. The van der Waals surface area contributed by atoms with Crippen molar-refractivity contribution in [3.8, 4) is 5.69 Å².